The van der Waals surface area contributed by atoms with Gasteiger partial charge in [-0.1, -0.05) is 49.7 Å². The molecule has 2 aromatic carbocycles. The second-order valence-corrected chi connectivity index (χ2v) is 8.82. The van der Waals surface area contributed by atoms with Crippen LogP contribution in [0.15, 0.2) is 36.4 Å². The summed E-state index contributed by atoms with van der Waals surface area (Å²) in [6, 6.07) is 11.4. The maximum Gasteiger partial charge on any atom is 0.261 e. The molecule has 5 heteroatoms. The highest BCUT2D eigenvalue weighted by atomic mass is 16.5. The Morgan fingerprint density at radius 3 is 2.35 bits per heavy atom. The fourth-order valence-corrected chi connectivity index (χ4v) is 3.42. The van der Waals surface area contributed by atoms with Crippen molar-refractivity contribution in [2.24, 2.45) is 5.92 Å². The molecule has 31 heavy (non-hydrogen) atoms. The van der Waals surface area contributed by atoms with Gasteiger partial charge in [0.15, 0.2) is 6.61 Å². The summed E-state index contributed by atoms with van der Waals surface area (Å²) in [4.78, 5) is 27.5. The fourth-order valence-electron chi connectivity index (χ4n) is 3.42. The third kappa shape index (κ3) is 7.12. The summed E-state index contributed by atoms with van der Waals surface area (Å²) in [7, 11) is 0. The monoisotopic (exact) mass is 424 g/mol. The molecule has 0 aliphatic carbocycles. The molecule has 2 aromatic rings. The number of carbonyl (C=O) groups excluding carboxylic acids is 2. The van der Waals surface area contributed by atoms with Crippen molar-refractivity contribution in [1.29, 1.82) is 0 Å². The molecule has 2 rings (SSSR count). The van der Waals surface area contributed by atoms with Gasteiger partial charge in [0.25, 0.3) is 5.91 Å². The average Bonchev–Trinajstić information content (AvgIpc) is 2.71. The molecule has 168 valence electrons. The third-order valence-electron chi connectivity index (χ3n) is 5.40. The maximum absolute atomic E-state index is 13.2. The van der Waals surface area contributed by atoms with Crippen molar-refractivity contribution in [3.63, 3.8) is 0 Å². The number of nitrogens with one attached hydrogen (secondary N) is 1. The number of aryl methyl sites for hydroxylation is 3. The van der Waals surface area contributed by atoms with E-state index >= 15 is 0 Å². The van der Waals surface area contributed by atoms with Crippen molar-refractivity contribution < 1.29 is 14.3 Å². The number of ether oxygens (including phenoxy) is 1. The zero-order valence-electron chi connectivity index (χ0n) is 19.9. The summed E-state index contributed by atoms with van der Waals surface area (Å²) >= 11 is 0. The van der Waals surface area contributed by atoms with Crippen LogP contribution in [0.1, 0.15) is 48.6 Å². The van der Waals surface area contributed by atoms with Crippen LogP contribution in [0.4, 0.5) is 0 Å². The molecule has 0 fully saturated rings. The van der Waals surface area contributed by atoms with Crippen molar-refractivity contribution in [3.05, 3.63) is 64.2 Å². The zero-order valence-corrected chi connectivity index (χ0v) is 19.9. The van der Waals surface area contributed by atoms with Crippen molar-refractivity contribution in [3.8, 4) is 5.75 Å². The highest BCUT2D eigenvalue weighted by molar-refractivity contribution is 5.88. The van der Waals surface area contributed by atoms with E-state index in [0.717, 1.165) is 27.8 Å². The van der Waals surface area contributed by atoms with Crippen LogP contribution in [-0.2, 0) is 16.1 Å². The number of hydrogen-bond donors (Lipinski definition) is 1. The number of carbonyl (C=O) groups is 2. The van der Waals surface area contributed by atoms with Crippen molar-refractivity contribution >= 4 is 11.8 Å². The summed E-state index contributed by atoms with van der Waals surface area (Å²) in [6.45, 7) is 14.7. The van der Waals surface area contributed by atoms with Crippen LogP contribution in [0.25, 0.3) is 0 Å². The molecule has 0 unspecified atom stereocenters. The van der Waals surface area contributed by atoms with Gasteiger partial charge >= 0.3 is 0 Å². The Hall–Kier alpha value is -2.82. The average molecular weight is 425 g/mol. The molecule has 0 saturated heterocycles. The van der Waals surface area contributed by atoms with Crippen LogP contribution in [0.5, 0.6) is 5.75 Å². The fraction of sp³-hybridized carbons (Fsp3) is 0.462. The Morgan fingerprint density at radius 2 is 1.71 bits per heavy atom. The molecular weight excluding hydrogens is 388 g/mol. The van der Waals surface area contributed by atoms with E-state index in [2.05, 4.69) is 11.4 Å². The smallest absolute Gasteiger partial charge is 0.261 e. The molecule has 1 N–H and O–H groups in total. The molecule has 0 aromatic heterocycles. The van der Waals surface area contributed by atoms with Gasteiger partial charge in [-0.15, -0.1) is 0 Å². The quantitative estimate of drug-likeness (QED) is 0.645. The predicted octanol–water partition coefficient (Wildman–Crippen LogP) is 4.49. The maximum atomic E-state index is 13.2. The van der Waals surface area contributed by atoms with E-state index in [9.17, 15) is 9.59 Å². The van der Waals surface area contributed by atoms with Gasteiger partial charge < -0.3 is 15.0 Å². The van der Waals surface area contributed by atoms with Gasteiger partial charge in [0.05, 0.1) is 0 Å². The van der Waals surface area contributed by atoms with Crippen LogP contribution in [-0.4, -0.2) is 35.9 Å². The number of benzene rings is 2. The van der Waals surface area contributed by atoms with Crippen LogP contribution in [0, 0.1) is 33.6 Å². The predicted molar refractivity (Wildman–Crippen MR) is 125 cm³/mol. The van der Waals surface area contributed by atoms with Gasteiger partial charge in [-0.25, -0.2) is 0 Å². The van der Waals surface area contributed by atoms with E-state index < -0.39 is 6.04 Å². The van der Waals surface area contributed by atoms with Crippen LogP contribution < -0.4 is 10.1 Å². The van der Waals surface area contributed by atoms with E-state index in [4.69, 9.17) is 4.74 Å². The molecule has 2 amide bonds. The second kappa shape index (κ2) is 11.0. The van der Waals surface area contributed by atoms with Gasteiger partial charge in [-0.3, -0.25) is 9.59 Å². The van der Waals surface area contributed by atoms with Crippen LogP contribution >= 0.6 is 0 Å². The summed E-state index contributed by atoms with van der Waals surface area (Å²) in [6.07, 6.45) is 0. The first-order valence-corrected chi connectivity index (χ1v) is 10.9. The van der Waals surface area contributed by atoms with Gasteiger partial charge in [0, 0.05) is 13.1 Å². The Labute approximate surface area is 186 Å². The molecule has 0 heterocycles. The van der Waals surface area contributed by atoms with Crippen molar-refractivity contribution in [2.75, 3.05) is 13.2 Å². The summed E-state index contributed by atoms with van der Waals surface area (Å²) < 4.78 is 5.91. The number of amides is 2. The second-order valence-electron chi connectivity index (χ2n) is 8.82. The zero-order chi connectivity index (χ0) is 23.1. The van der Waals surface area contributed by atoms with E-state index in [1.807, 2.05) is 71.9 Å². The van der Waals surface area contributed by atoms with E-state index in [0.29, 0.717) is 24.8 Å². The Balaban J connectivity index is 2.20. The molecule has 0 saturated carbocycles. The molecule has 0 radical (unpaired) electrons. The summed E-state index contributed by atoms with van der Waals surface area (Å²) in [5.41, 5.74) is 5.33. The lowest BCUT2D eigenvalue weighted by Crippen LogP contribution is -2.49. The first kappa shape index (κ1) is 24.4. The van der Waals surface area contributed by atoms with E-state index in [-0.39, 0.29) is 18.4 Å². The molecule has 5 nitrogen and oxygen atoms in total. The minimum Gasteiger partial charge on any atom is -0.483 e. The van der Waals surface area contributed by atoms with Crippen LogP contribution in [0.3, 0.4) is 0 Å². The van der Waals surface area contributed by atoms with Crippen molar-refractivity contribution in [2.45, 2.75) is 61.1 Å². The highest BCUT2D eigenvalue weighted by Gasteiger charge is 2.26. The largest absolute Gasteiger partial charge is 0.483 e. The van der Waals surface area contributed by atoms with E-state index in [1.165, 1.54) is 0 Å². The summed E-state index contributed by atoms with van der Waals surface area (Å²) in [5.74, 6) is 0.677. The Bertz CT molecular complexity index is 921. The number of hydrogen-bond acceptors (Lipinski definition) is 3. The van der Waals surface area contributed by atoms with Gasteiger partial charge in [0.2, 0.25) is 5.91 Å². The molecule has 0 aliphatic heterocycles. The molecule has 0 aliphatic rings. The highest BCUT2D eigenvalue weighted by Crippen LogP contribution is 2.23. The number of rotatable bonds is 9. The van der Waals surface area contributed by atoms with Gasteiger partial charge in [-0.05, 0) is 68.9 Å². The van der Waals surface area contributed by atoms with E-state index in [1.54, 1.807) is 11.8 Å². The van der Waals surface area contributed by atoms with Gasteiger partial charge in [0.1, 0.15) is 11.8 Å². The van der Waals surface area contributed by atoms with Gasteiger partial charge in [-0.2, -0.15) is 0 Å². The molecule has 0 bridgehead atoms. The lowest BCUT2D eigenvalue weighted by atomic mass is 10.1. The molecule has 0 spiro atoms. The number of nitrogens with zero attached hydrogens (tertiary/aromatic N) is 1. The Kier molecular flexibility index (Phi) is 8.66. The van der Waals surface area contributed by atoms with Crippen molar-refractivity contribution in [1.82, 2.24) is 10.2 Å². The normalized spacial score (nSPS) is 11.9. The Morgan fingerprint density at radius 1 is 1.00 bits per heavy atom. The first-order chi connectivity index (χ1) is 14.6. The molecule has 1 atom stereocenters. The van der Waals surface area contributed by atoms with Crippen LogP contribution in [0.2, 0.25) is 0 Å². The standard InChI is InChI=1S/C26H36N2O3/c1-17(2)14-27-26(30)22(7)28(15-23-10-8-9-18(3)12-23)25(29)16-31-24-13-19(4)11-20(5)21(24)6/h8-13,17,22H,14-16H2,1-7H3,(H,27,30)/t22-/m1/s1. The topological polar surface area (TPSA) is 58.6 Å². The molecular formula is C26H36N2O3. The lowest BCUT2D eigenvalue weighted by molar-refractivity contribution is -0.142. The minimum atomic E-state index is -0.601. The third-order valence-corrected chi connectivity index (χ3v) is 5.40. The summed E-state index contributed by atoms with van der Waals surface area (Å²) in [5, 5.41) is 2.94. The SMILES string of the molecule is Cc1cccc(CN(C(=O)COc2cc(C)cc(C)c2C)[C@H](C)C(=O)NCC(C)C)c1. The first-order valence-electron chi connectivity index (χ1n) is 10.9. The minimum absolute atomic E-state index is 0.114. The lowest BCUT2D eigenvalue weighted by Gasteiger charge is -2.29.